The highest BCUT2D eigenvalue weighted by atomic mass is 14.3. The third-order valence-electron chi connectivity index (χ3n) is 17.0. The molecule has 0 aromatic carbocycles. The molecule has 0 radical (unpaired) electrons. The van der Waals surface area contributed by atoms with Crippen molar-refractivity contribution < 1.29 is 0 Å². The molecule has 0 rings (SSSR count). The van der Waals surface area contributed by atoms with E-state index in [2.05, 4.69) is 34.6 Å². The maximum Gasteiger partial charge on any atom is -0.0329 e. The summed E-state index contributed by atoms with van der Waals surface area (Å²) in [7, 11) is 0. The summed E-state index contributed by atoms with van der Waals surface area (Å²) in [5.41, 5.74) is 0.525. The Hall–Kier alpha value is 0. The summed E-state index contributed by atoms with van der Waals surface area (Å²) < 4.78 is 0. The average Bonchev–Trinajstić information content (AvgIpc) is 3.32. The molecule has 0 fully saturated rings. The molecule has 1 atom stereocenters. The highest BCUT2D eigenvalue weighted by molar-refractivity contribution is 4.75. The summed E-state index contributed by atoms with van der Waals surface area (Å²) >= 11 is 0. The Morgan fingerprint density at radius 2 is 0.328 bits per heavy atom. The zero-order chi connectivity index (χ0) is 48.5. The van der Waals surface area contributed by atoms with E-state index in [1.165, 1.54) is 385 Å². The lowest BCUT2D eigenvalue weighted by molar-refractivity contribution is 0.189. The van der Waals surface area contributed by atoms with E-state index < -0.39 is 0 Å². The lowest BCUT2D eigenvalue weighted by Crippen LogP contribution is -2.21. The van der Waals surface area contributed by atoms with Crippen LogP contribution in [0.4, 0.5) is 0 Å². The molecule has 0 heteroatoms. The molecule has 0 saturated heterocycles. The second kappa shape index (κ2) is 58.6. The Bertz CT molecular complexity index is 839. The van der Waals surface area contributed by atoms with Gasteiger partial charge in [0.15, 0.2) is 0 Å². The Morgan fingerprint density at radius 3 is 0.493 bits per heavy atom. The molecule has 0 saturated carbocycles. The molecular formula is C67H136. The number of hydrogen-bond acceptors (Lipinski definition) is 0. The third-order valence-corrected chi connectivity index (χ3v) is 17.0. The Balaban J connectivity index is 3.28. The maximum absolute atomic E-state index is 2.57. The number of rotatable bonds is 61. The van der Waals surface area contributed by atoms with Gasteiger partial charge in [0.25, 0.3) is 0 Å². The lowest BCUT2D eigenvalue weighted by Gasteiger charge is -2.32. The van der Waals surface area contributed by atoms with E-state index in [4.69, 9.17) is 0 Å². The van der Waals surface area contributed by atoms with E-state index in [-0.39, 0.29) is 0 Å². The van der Waals surface area contributed by atoms with Crippen LogP contribution in [0.25, 0.3) is 0 Å². The smallest absolute Gasteiger partial charge is 0.0329 e. The zero-order valence-electron chi connectivity index (χ0n) is 48.5. The Kier molecular flexibility index (Phi) is 58.6. The van der Waals surface area contributed by atoms with Crippen molar-refractivity contribution >= 4 is 0 Å². The lowest BCUT2D eigenvalue weighted by atomic mass is 9.74. The van der Waals surface area contributed by atoms with E-state index in [9.17, 15) is 0 Å². The zero-order valence-corrected chi connectivity index (χ0v) is 48.5. The van der Waals surface area contributed by atoms with Gasteiger partial charge in [0, 0.05) is 0 Å². The summed E-state index contributed by atoms with van der Waals surface area (Å²) in [6.45, 7) is 12.3. The van der Waals surface area contributed by atoms with E-state index >= 15 is 0 Å². The molecule has 0 bridgehead atoms. The molecule has 0 amide bonds. The van der Waals surface area contributed by atoms with Gasteiger partial charge in [-0.05, 0) is 17.8 Å². The molecule has 0 aromatic rings. The van der Waals surface area contributed by atoms with Crippen LogP contribution in [0.2, 0.25) is 0 Å². The first-order valence-electron chi connectivity index (χ1n) is 33.0. The minimum absolute atomic E-state index is 0.525. The fourth-order valence-corrected chi connectivity index (χ4v) is 11.4. The molecule has 0 aliphatic carbocycles. The van der Waals surface area contributed by atoms with Crippen LogP contribution in [0.3, 0.4) is 0 Å². The van der Waals surface area contributed by atoms with Crippen LogP contribution < -0.4 is 0 Å². The number of hydrogen-bond donors (Lipinski definition) is 0. The van der Waals surface area contributed by atoms with Crippen LogP contribution in [-0.2, 0) is 0 Å². The SMILES string of the molecule is CCCCCCCCCCCCCCCCCCCCCCCCCCCCCCCCCCCCCC(C)(C)C(C)CCCCCCCCCCCCCCCCCCCCCCCCC. The molecule has 0 heterocycles. The fraction of sp³-hybridized carbons (Fsp3) is 1.00. The first-order chi connectivity index (χ1) is 33.0. The summed E-state index contributed by atoms with van der Waals surface area (Å²) in [4.78, 5) is 0. The molecular weight excluding hydrogens is 805 g/mol. The molecule has 0 aromatic heterocycles. The molecule has 1 unspecified atom stereocenters. The summed E-state index contributed by atoms with van der Waals surface area (Å²) in [6, 6.07) is 0. The van der Waals surface area contributed by atoms with Crippen molar-refractivity contribution in [1.82, 2.24) is 0 Å². The van der Waals surface area contributed by atoms with Crippen molar-refractivity contribution in [2.45, 2.75) is 420 Å². The second-order valence-electron chi connectivity index (χ2n) is 24.2. The van der Waals surface area contributed by atoms with Gasteiger partial charge in [-0.15, -0.1) is 0 Å². The molecule has 0 aliphatic heterocycles. The van der Waals surface area contributed by atoms with Gasteiger partial charge < -0.3 is 0 Å². The first-order valence-corrected chi connectivity index (χ1v) is 33.0. The van der Waals surface area contributed by atoms with Crippen molar-refractivity contribution in [3.05, 3.63) is 0 Å². The molecule has 0 aliphatic rings. The minimum atomic E-state index is 0.525. The monoisotopic (exact) mass is 941 g/mol. The fourth-order valence-electron chi connectivity index (χ4n) is 11.4. The second-order valence-corrected chi connectivity index (χ2v) is 24.2. The van der Waals surface area contributed by atoms with Crippen molar-refractivity contribution in [1.29, 1.82) is 0 Å². The predicted molar refractivity (Wildman–Crippen MR) is 311 cm³/mol. The summed E-state index contributed by atoms with van der Waals surface area (Å²) in [5.74, 6) is 0.875. The van der Waals surface area contributed by atoms with E-state index in [1.807, 2.05) is 0 Å². The standard InChI is InChI=1S/C67H136/c1-6-8-10-12-14-16-18-20-22-24-26-28-30-31-32-33-34-35-36-37-38-39-40-41-43-45-47-49-51-53-55-57-59-61-63-65-67(4,5)66(3)64-62-60-58-56-54-52-50-48-46-44-42-29-27-25-23-21-19-17-15-13-11-9-7-2/h66H,6-65H2,1-5H3. The Morgan fingerprint density at radius 1 is 0.194 bits per heavy atom. The van der Waals surface area contributed by atoms with Gasteiger partial charge in [0.2, 0.25) is 0 Å². The maximum atomic E-state index is 2.57. The topological polar surface area (TPSA) is 0 Å². The normalized spacial score (nSPS) is 12.5. The number of unbranched alkanes of at least 4 members (excludes halogenated alkanes) is 56. The molecule has 404 valence electrons. The summed E-state index contributed by atoms with van der Waals surface area (Å²) in [5, 5.41) is 0. The van der Waals surface area contributed by atoms with Crippen molar-refractivity contribution in [3.63, 3.8) is 0 Å². The van der Waals surface area contributed by atoms with Gasteiger partial charge in [-0.2, -0.15) is 0 Å². The van der Waals surface area contributed by atoms with Crippen LogP contribution in [-0.4, -0.2) is 0 Å². The van der Waals surface area contributed by atoms with Gasteiger partial charge in [-0.1, -0.05) is 413 Å². The summed E-state index contributed by atoms with van der Waals surface area (Å²) in [6.07, 6.45) is 88.9. The van der Waals surface area contributed by atoms with Crippen LogP contribution in [0.15, 0.2) is 0 Å². The molecule has 0 nitrogen and oxygen atoms in total. The van der Waals surface area contributed by atoms with Crippen LogP contribution in [0, 0.1) is 11.3 Å². The quantitative estimate of drug-likeness (QED) is 0.0533. The van der Waals surface area contributed by atoms with Crippen LogP contribution in [0.1, 0.15) is 420 Å². The molecule has 0 spiro atoms. The van der Waals surface area contributed by atoms with Gasteiger partial charge in [-0.25, -0.2) is 0 Å². The average molecular weight is 942 g/mol. The van der Waals surface area contributed by atoms with Crippen LogP contribution >= 0.6 is 0 Å². The largest absolute Gasteiger partial charge is 0.0654 e. The molecule has 0 N–H and O–H groups in total. The highest BCUT2D eigenvalue weighted by Crippen LogP contribution is 2.36. The first kappa shape index (κ1) is 67.0. The highest BCUT2D eigenvalue weighted by Gasteiger charge is 2.24. The van der Waals surface area contributed by atoms with E-state index in [0.29, 0.717) is 5.41 Å². The third kappa shape index (κ3) is 56.8. The molecule has 67 heavy (non-hydrogen) atoms. The van der Waals surface area contributed by atoms with Crippen molar-refractivity contribution in [3.8, 4) is 0 Å². The Labute approximate surface area is 429 Å². The predicted octanol–water partition coefficient (Wildman–Crippen LogP) is 26.1. The van der Waals surface area contributed by atoms with Crippen molar-refractivity contribution in [2.75, 3.05) is 0 Å². The van der Waals surface area contributed by atoms with Gasteiger partial charge in [0.1, 0.15) is 0 Å². The van der Waals surface area contributed by atoms with E-state index in [0.717, 1.165) is 5.92 Å². The van der Waals surface area contributed by atoms with Gasteiger partial charge in [0.05, 0.1) is 0 Å². The van der Waals surface area contributed by atoms with Gasteiger partial charge in [-0.3, -0.25) is 0 Å². The van der Waals surface area contributed by atoms with Crippen LogP contribution in [0.5, 0.6) is 0 Å². The minimum Gasteiger partial charge on any atom is -0.0654 e. The van der Waals surface area contributed by atoms with Crippen molar-refractivity contribution in [2.24, 2.45) is 11.3 Å². The van der Waals surface area contributed by atoms with Gasteiger partial charge >= 0.3 is 0 Å². The van der Waals surface area contributed by atoms with E-state index in [1.54, 1.807) is 0 Å².